The van der Waals surface area contributed by atoms with Crippen LogP contribution in [0.25, 0.3) is 0 Å². The lowest BCUT2D eigenvalue weighted by molar-refractivity contribution is -0.130. The van der Waals surface area contributed by atoms with E-state index in [2.05, 4.69) is 49.9 Å². The number of likely N-dealkylation sites (tertiary alicyclic amines) is 2. The number of carbonyl (C=O) groups is 1. The molecule has 0 N–H and O–H groups in total. The van der Waals surface area contributed by atoms with Gasteiger partial charge in [0.05, 0.1) is 6.10 Å². The molecule has 4 nitrogen and oxygen atoms in total. The van der Waals surface area contributed by atoms with Crippen LogP contribution in [0.4, 0.5) is 0 Å². The average molecular weight is 385 g/mol. The molecule has 2 saturated heterocycles. The van der Waals surface area contributed by atoms with Crippen molar-refractivity contribution in [2.45, 2.75) is 77.4 Å². The Hall–Kier alpha value is -1.55. The van der Waals surface area contributed by atoms with Crippen molar-refractivity contribution in [3.05, 3.63) is 29.8 Å². The molecule has 1 aromatic carbocycles. The summed E-state index contributed by atoms with van der Waals surface area (Å²) in [4.78, 5) is 16.3. The minimum atomic E-state index is 0.223. The van der Waals surface area contributed by atoms with Crippen molar-refractivity contribution in [1.82, 2.24) is 9.80 Å². The molecule has 1 aromatic rings. The Labute approximate surface area is 170 Å². The molecule has 0 bridgehead atoms. The molecule has 4 heteroatoms. The van der Waals surface area contributed by atoms with Crippen LogP contribution < -0.4 is 4.74 Å². The highest BCUT2D eigenvalue weighted by molar-refractivity contribution is 5.73. The van der Waals surface area contributed by atoms with Crippen molar-refractivity contribution in [2.75, 3.05) is 26.2 Å². The van der Waals surface area contributed by atoms with Gasteiger partial charge in [-0.3, -0.25) is 4.79 Å². The van der Waals surface area contributed by atoms with Crippen molar-refractivity contribution in [1.29, 1.82) is 0 Å². The van der Waals surface area contributed by atoms with E-state index in [0.29, 0.717) is 16.9 Å². The predicted molar refractivity (Wildman–Crippen MR) is 113 cm³/mol. The number of amides is 1. The maximum Gasteiger partial charge on any atom is 0.219 e. The van der Waals surface area contributed by atoms with Gasteiger partial charge in [0.15, 0.2) is 0 Å². The van der Waals surface area contributed by atoms with Crippen LogP contribution in [0.2, 0.25) is 0 Å². The maximum atomic E-state index is 11.6. The Bertz CT molecular complexity index is 698. The van der Waals surface area contributed by atoms with Gasteiger partial charge in [-0.05, 0) is 87.6 Å². The second-order valence-electron chi connectivity index (χ2n) is 9.75. The third kappa shape index (κ3) is 3.56. The molecule has 3 aliphatic rings. The Morgan fingerprint density at radius 1 is 1.07 bits per heavy atom. The number of benzene rings is 1. The van der Waals surface area contributed by atoms with Crippen LogP contribution in [-0.4, -0.2) is 54.0 Å². The zero-order chi connectivity index (χ0) is 19.9. The second-order valence-corrected chi connectivity index (χ2v) is 9.75. The number of hydrogen-bond acceptors (Lipinski definition) is 3. The first-order valence-corrected chi connectivity index (χ1v) is 11.1. The summed E-state index contributed by atoms with van der Waals surface area (Å²) in [6.07, 6.45) is 6.44. The molecule has 0 aromatic heterocycles. The van der Waals surface area contributed by atoms with Crippen molar-refractivity contribution in [3.63, 3.8) is 0 Å². The van der Waals surface area contributed by atoms with Gasteiger partial charge in [0.2, 0.25) is 5.91 Å². The van der Waals surface area contributed by atoms with Gasteiger partial charge >= 0.3 is 0 Å². The van der Waals surface area contributed by atoms with Crippen LogP contribution in [0.5, 0.6) is 5.75 Å². The normalized spacial score (nSPS) is 28.0. The molecule has 4 rings (SSSR count). The number of piperidine rings is 2. The first-order chi connectivity index (χ1) is 13.3. The number of rotatable bonds is 4. The Balaban J connectivity index is 1.33. The van der Waals surface area contributed by atoms with E-state index in [0.717, 1.165) is 31.7 Å². The van der Waals surface area contributed by atoms with Gasteiger partial charge in [-0.2, -0.15) is 0 Å². The maximum absolute atomic E-state index is 11.6. The van der Waals surface area contributed by atoms with Crippen molar-refractivity contribution >= 4 is 5.91 Å². The van der Waals surface area contributed by atoms with E-state index in [4.69, 9.17) is 4.74 Å². The quantitative estimate of drug-likeness (QED) is 0.779. The highest BCUT2D eigenvalue weighted by Gasteiger charge is 2.64. The summed E-state index contributed by atoms with van der Waals surface area (Å²) in [6.45, 7) is 12.6. The molecule has 1 saturated carbocycles. The zero-order valence-corrected chi connectivity index (χ0v) is 18.0. The summed E-state index contributed by atoms with van der Waals surface area (Å²) >= 11 is 0. The van der Waals surface area contributed by atoms with Crippen LogP contribution in [-0.2, 0) is 10.2 Å². The van der Waals surface area contributed by atoms with Crippen molar-refractivity contribution in [3.8, 4) is 5.75 Å². The van der Waals surface area contributed by atoms with Crippen LogP contribution in [0.15, 0.2) is 24.3 Å². The zero-order valence-electron chi connectivity index (χ0n) is 18.0. The molecule has 1 amide bonds. The number of hydrogen-bond donors (Lipinski definition) is 0. The highest BCUT2D eigenvalue weighted by Crippen LogP contribution is 2.69. The van der Waals surface area contributed by atoms with Gasteiger partial charge < -0.3 is 14.5 Å². The van der Waals surface area contributed by atoms with Gasteiger partial charge in [-0.25, -0.2) is 0 Å². The monoisotopic (exact) mass is 384 g/mol. The summed E-state index contributed by atoms with van der Waals surface area (Å²) in [5.41, 5.74) is 2.30. The minimum Gasteiger partial charge on any atom is -0.491 e. The third-order valence-corrected chi connectivity index (χ3v) is 7.78. The van der Waals surface area contributed by atoms with Crippen molar-refractivity contribution < 1.29 is 9.53 Å². The smallest absolute Gasteiger partial charge is 0.219 e. The van der Waals surface area contributed by atoms with E-state index in [1.807, 2.05) is 4.90 Å². The van der Waals surface area contributed by atoms with Crippen LogP contribution >= 0.6 is 0 Å². The molecule has 1 unspecified atom stereocenters. The van der Waals surface area contributed by atoms with Crippen LogP contribution in [0.1, 0.15) is 65.4 Å². The fourth-order valence-corrected chi connectivity index (χ4v) is 5.81. The highest BCUT2D eigenvalue weighted by atomic mass is 16.5. The van der Waals surface area contributed by atoms with E-state index < -0.39 is 0 Å². The van der Waals surface area contributed by atoms with E-state index >= 15 is 0 Å². The summed E-state index contributed by atoms with van der Waals surface area (Å²) in [5.74, 6) is 1.21. The Morgan fingerprint density at radius 3 is 2.21 bits per heavy atom. The molecule has 28 heavy (non-hydrogen) atoms. The number of carbonyl (C=O) groups excluding carboxylic acids is 1. The van der Waals surface area contributed by atoms with Crippen LogP contribution in [0, 0.1) is 5.41 Å². The first-order valence-electron chi connectivity index (χ1n) is 11.1. The molecule has 154 valence electrons. The molecule has 2 aliphatic heterocycles. The van der Waals surface area contributed by atoms with Crippen molar-refractivity contribution in [2.24, 2.45) is 5.41 Å². The van der Waals surface area contributed by atoms with E-state index in [9.17, 15) is 4.79 Å². The molecule has 1 aliphatic carbocycles. The van der Waals surface area contributed by atoms with E-state index in [1.54, 1.807) is 6.92 Å². The largest absolute Gasteiger partial charge is 0.491 e. The lowest BCUT2D eigenvalue weighted by Crippen LogP contribution is -2.49. The topological polar surface area (TPSA) is 32.8 Å². The number of ether oxygens (including phenoxy) is 1. The van der Waals surface area contributed by atoms with Gasteiger partial charge in [0, 0.05) is 26.1 Å². The van der Waals surface area contributed by atoms with E-state index in [-0.39, 0.29) is 12.0 Å². The summed E-state index contributed by atoms with van der Waals surface area (Å²) in [5, 5.41) is 0. The lowest BCUT2D eigenvalue weighted by Gasteiger charge is -2.43. The summed E-state index contributed by atoms with van der Waals surface area (Å²) in [7, 11) is 0. The van der Waals surface area contributed by atoms with Crippen LogP contribution in [0.3, 0.4) is 0 Å². The van der Waals surface area contributed by atoms with Gasteiger partial charge in [-0.1, -0.05) is 19.1 Å². The van der Waals surface area contributed by atoms with E-state index in [1.165, 1.54) is 37.9 Å². The van der Waals surface area contributed by atoms with Gasteiger partial charge in [-0.15, -0.1) is 0 Å². The summed E-state index contributed by atoms with van der Waals surface area (Å²) < 4.78 is 5.81. The molecular formula is C24H36N2O2. The SMILES string of the molecule is CC(=O)N1CCC(N2CCC3(CC2)CC3(C)c2ccc(OC(C)C)cc2)CC1. The fourth-order valence-electron chi connectivity index (χ4n) is 5.81. The molecule has 1 spiro atoms. The Morgan fingerprint density at radius 2 is 1.68 bits per heavy atom. The Kier molecular flexibility index (Phi) is 5.20. The first kappa shape index (κ1) is 19.8. The van der Waals surface area contributed by atoms with Gasteiger partial charge in [0.25, 0.3) is 0 Å². The molecule has 1 atom stereocenters. The minimum absolute atomic E-state index is 0.223. The third-order valence-electron chi connectivity index (χ3n) is 7.78. The molecule has 3 fully saturated rings. The lowest BCUT2D eigenvalue weighted by atomic mass is 9.80. The molecular weight excluding hydrogens is 348 g/mol. The second kappa shape index (κ2) is 7.37. The fraction of sp³-hybridized carbons (Fsp3) is 0.708. The molecule has 2 heterocycles. The van der Waals surface area contributed by atoms with Gasteiger partial charge in [0.1, 0.15) is 5.75 Å². The predicted octanol–water partition coefficient (Wildman–Crippen LogP) is 4.23. The molecule has 0 radical (unpaired) electrons. The number of nitrogens with zero attached hydrogens (tertiary/aromatic N) is 2. The standard InChI is InChI=1S/C24H36N2O2/c1-18(2)28-22-7-5-20(6-8-22)23(4)17-24(23)11-15-26(16-12-24)21-9-13-25(14-10-21)19(3)27/h5-8,18,21H,9-17H2,1-4H3. The summed E-state index contributed by atoms with van der Waals surface area (Å²) in [6, 6.07) is 9.53. The average Bonchev–Trinajstić information content (AvgIpc) is 3.26.